The number of amides is 2. The van der Waals surface area contributed by atoms with Gasteiger partial charge < -0.3 is 20.5 Å². The number of hydrogen-bond acceptors (Lipinski definition) is 4. The fourth-order valence-electron chi connectivity index (χ4n) is 4.94. The minimum Gasteiger partial charge on any atom is -0.481 e. The van der Waals surface area contributed by atoms with Gasteiger partial charge in [-0.2, -0.15) is 0 Å². The van der Waals surface area contributed by atoms with Crippen LogP contribution in [0.15, 0.2) is 48.5 Å². The zero-order chi connectivity index (χ0) is 23.8. The molecule has 0 aromatic heterocycles. The fourth-order valence-corrected chi connectivity index (χ4v) is 4.94. The number of carboxylic acid groups (broad SMARTS) is 1. The minimum atomic E-state index is -1.26. The summed E-state index contributed by atoms with van der Waals surface area (Å²) in [6, 6.07) is 15.7. The monoisotopic (exact) mass is 450 g/mol. The molecule has 0 saturated heterocycles. The highest BCUT2D eigenvalue weighted by Gasteiger charge is 2.47. The molecule has 0 spiro atoms. The van der Waals surface area contributed by atoms with E-state index in [1.807, 2.05) is 36.4 Å². The first-order valence-electron chi connectivity index (χ1n) is 11.3. The molecule has 2 atom stereocenters. The van der Waals surface area contributed by atoms with Crippen LogP contribution in [-0.4, -0.2) is 41.3 Å². The number of benzene rings is 2. The van der Waals surface area contributed by atoms with Gasteiger partial charge in [0.05, 0.1) is 5.41 Å². The van der Waals surface area contributed by atoms with Gasteiger partial charge in [0.1, 0.15) is 12.1 Å². The van der Waals surface area contributed by atoms with Gasteiger partial charge in [0, 0.05) is 12.0 Å². The summed E-state index contributed by atoms with van der Waals surface area (Å²) in [5, 5.41) is 15.0. The number of rotatable bonds is 6. The van der Waals surface area contributed by atoms with Crippen molar-refractivity contribution >= 4 is 18.0 Å². The van der Waals surface area contributed by atoms with Crippen LogP contribution in [0, 0.1) is 5.41 Å². The summed E-state index contributed by atoms with van der Waals surface area (Å²) in [5.74, 6) is -1.43. The first-order chi connectivity index (χ1) is 15.6. The molecule has 7 nitrogen and oxygen atoms in total. The molecule has 33 heavy (non-hydrogen) atoms. The minimum absolute atomic E-state index is 0.0742. The van der Waals surface area contributed by atoms with E-state index in [2.05, 4.69) is 22.8 Å². The number of nitrogens with one attached hydrogen (secondary N) is 2. The molecule has 0 radical (unpaired) electrons. The Labute approximate surface area is 193 Å². The Kier molecular flexibility index (Phi) is 5.91. The fraction of sp³-hybridized carbons (Fsp3) is 0.423. The number of carbonyl (C=O) groups excluding carboxylic acids is 2. The van der Waals surface area contributed by atoms with Crippen molar-refractivity contribution in [2.75, 3.05) is 6.61 Å². The molecular formula is C26H30N2O5. The Balaban J connectivity index is 1.39. The van der Waals surface area contributed by atoms with Gasteiger partial charge in [-0.1, -0.05) is 55.0 Å². The van der Waals surface area contributed by atoms with Gasteiger partial charge >= 0.3 is 12.1 Å². The third-order valence-corrected chi connectivity index (χ3v) is 7.08. The summed E-state index contributed by atoms with van der Waals surface area (Å²) >= 11 is 0. The van der Waals surface area contributed by atoms with Gasteiger partial charge in [-0.25, -0.2) is 4.79 Å². The van der Waals surface area contributed by atoms with Crippen molar-refractivity contribution in [3.05, 3.63) is 59.7 Å². The van der Waals surface area contributed by atoms with Crippen molar-refractivity contribution in [2.24, 2.45) is 5.41 Å². The number of hydrogen-bond donors (Lipinski definition) is 3. The average Bonchev–Trinajstić information content (AvgIpc) is 3.31. The number of alkyl carbamates (subject to hydrolysis) is 1. The summed E-state index contributed by atoms with van der Waals surface area (Å²) < 4.78 is 5.55. The Morgan fingerprint density at radius 2 is 1.64 bits per heavy atom. The van der Waals surface area contributed by atoms with Crippen molar-refractivity contribution < 1.29 is 24.2 Å². The van der Waals surface area contributed by atoms with Crippen molar-refractivity contribution in [1.29, 1.82) is 0 Å². The summed E-state index contributed by atoms with van der Waals surface area (Å²) in [4.78, 5) is 37.2. The van der Waals surface area contributed by atoms with Crippen LogP contribution < -0.4 is 10.6 Å². The van der Waals surface area contributed by atoms with Gasteiger partial charge in [0.25, 0.3) is 0 Å². The number of fused-ring (bicyclic) bond motifs is 3. The van der Waals surface area contributed by atoms with Crippen molar-refractivity contribution in [1.82, 2.24) is 10.6 Å². The molecule has 2 unspecified atom stereocenters. The first kappa shape index (κ1) is 22.8. The van der Waals surface area contributed by atoms with E-state index in [-0.39, 0.29) is 12.5 Å². The van der Waals surface area contributed by atoms with E-state index >= 15 is 0 Å². The Morgan fingerprint density at radius 3 is 2.21 bits per heavy atom. The molecule has 2 aromatic carbocycles. The van der Waals surface area contributed by atoms with Crippen LogP contribution in [0.1, 0.15) is 57.1 Å². The molecular weight excluding hydrogens is 420 g/mol. The smallest absolute Gasteiger partial charge is 0.408 e. The maximum absolute atomic E-state index is 12.9. The van der Waals surface area contributed by atoms with Crippen LogP contribution in [0.3, 0.4) is 0 Å². The second kappa shape index (κ2) is 8.54. The van der Waals surface area contributed by atoms with E-state index in [4.69, 9.17) is 4.74 Å². The molecule has 1 fully saturated rings. The van der Waals surface area contributed by atoms with Crippen molar-refractivity contribution in [3.8, 4) is 11.1 Å². The lowest BCUT2D eigenvalue weighted by atomic mass is 9.84. The third kappa shape index (κ3) is 4.19. The van der Waals surface area contributed by atoms with Crippen LogP contribution in [0.5, 0.6) is 0 Å². The molecule has 174 valence electrons. The molecule has 0 bridgehead atoms. The molecule has 2 amide bonds. The maximum atomic E-state index is 12.9. The second-order valence-corrected chi connectivity index (χ2v) is 9.72. The van der Waals surface area contributed by atoms with Gasteiger partial charge in [-0.15, -0.1) is 0 Å². The molecule has 3 N–H and O–H groups in total. The Morgan fingerprint density at radius 1 is 1.06 bits per heavy atom. The van der Waals surface area contributed by atoms with Crippen LogP contribution in [0.4, 0.5) is 4.79 Å². The molecule has 2 aromatic rings. The van der Waals surface area contributed by atoms with Crippen LogP contribution in [-0.2, 0) is 14.3 Å². The van der Waals surface area contributed by atoms with Crippen molar-refractivity contribution in [3.63, 3.8) is 0 Å². The molecule has 0 aliphatic heterocycles. The van der Waals surface area contributed by atoms with E-state index < -0.39 is 35.0 Å². The standard InChI is InChI=1S/C26H30N2O5/c1-25(2,22(29)27-21-13-8-14-26(21,3)23(30)31)28-24(32)33-15-20-18-11-6-4-9-16(18)17-10-5-7-12-19(17)20/h4-7,9-12,20-21H,8,13-15H2,1-3H3,(H,27,29)(H,28,32)(H,30,31). The molecule has 7 heteroatoms. The Bertz CT molecular complexity index is 1050. The normalized spacial score (nSPS) is 21.7. The average molecular weight is 451 g/mol. The number of ether oxygens (including phenoxy) is 1. The quantitative estimate of drug-likeness (QED) is 0.616. The van der Waals surface area contributed by atoms with Crippen molar-refractivity contribution in [2.45, 2.75) is 57.5 Å². The van der Waals surface area contributed by atoms with Gasteiger partial charge in [-0.05, 0) is 55.9 Å². The number of carboxylic acids is 1. The zero-order valence-electron chi connectivity index (χ0n) is 19.2. The zero-order valence-corrected chi connectivity index (χ0v) is 19.2. The third-order valence-electron chi connectivity index (χ3n) is 7.08. The summed E-state index contributed by atoms with van der Waals surface area (Å²) in [6.45, 7) is 4.96. The predicted octanol–water partition coefficient (Wildman–Crippen LogP) is 4.06. The van der Waals surface area contributed by atoms with Gasteiger partial charge in [-0.3, -0.25) is 9.59 Å². The first-order valence-corrected chi connectivity index (χ1v) is 11.3. The largest absolute Gasteiger partial charge is 0.481 e. The van der Waals surface area contributed by atoms with Crippen LogP contribution in [0.2, 0.25) is 0 Å². The van der Waals surface area contributed by atoms with E-state index in [1.165, 1.54) is 0 Å². The lowest BCUT2D eigenvalue weighted by Gasteiger charge is -2.32. The number of aliphatic carboxylic acids is 1. The highest BCUT2D eigenvalue weighted by atomic mass is 16.5. The summed E-state index contributed by atoms with van der Waals surface area (Å²) in [5.41, 5.74) is 2.23. The van der Waals surface area contributed by atoms with Crippen LogP contribution in [0.25, 0.3) is 11.1 Å². The molecule has 2 aliphatic carbocycles. The molecule has 2 aliphatic rings. The molecule has 0 heterocycles. The molecule has 1 saturated carbocycles. The predicted molar refractivity (Wildman–Crippen MR) is 124 cm³/mol. The summed E-state index contributed by atoms with van der Waals surface area (Å²) in [6.07, 6.45) is 1.14. The maximum Gasteiger partial charge on any atom is 0.408 e. The van der Waals surface area contributed by atoms with Crippen LogP contribution >= 0.6 is 0 Å². The summed E-state index contributed by atoms with van der Waals surface area (Å²) in [7, 11) is 0. The van der Waals surface area contributed by atoms with E-state index in [0.29, 0.717) is 12.8 Å². The lowest BCUT2D eigenvalue weighted by molar-refractivity contribution is -0.149. The Hall–Kier alpha value is -3.35. The van der Waals surface area contributed by atoms with Gasteiger partial charge in [0.2, 0.25) is 5.91 Å². The lowest BCUT2D eigenvalue weighted by Crippen LogP contribution is -2.59. The molecule has 4 rings (SSSR count). The van der Waals surface area contributed by atoms with Gasteiger partial charge in [0.15, 0.2) is 0 Å². The van der Waals surface area contributed by atoms with E-state index in [9.17, 15) is 19.5 Å². The topological polar surface area (TPSA) is 105 Å². The number of carbonyl (C=O) groups is 3. The highest BCUT2D eigenvalue weighted by Crippen LogP contribution is 2.44. The highest BCUT2D eigenvalue weighted by molar-refractivity contribution is 5.90. The van der Waals surface area contributed by atoms with E-state index in [1.54, 1.807) is 20.8 Å². The van der Waals surface area contributed by atoms with E-state index in [0.717, 1.165) is 28.7 Å². The second-order valence-electron chi connectivity index (χ2n) is 9.72. The SMILES string of the molecule is CC(C)(NC(=O)OCC1c2ccccc2-c2ccccc21)C(=O)NC1CCCC1(C)C(=O)O.